The molecule has 0 aliphatic heterocycles. The second-order valence-corrected chi connectivity index (χ2v) is 4.67. The van der Waals surface area contributed by atoms with Crippen LogP contribution in [0.1, 0.15) is 30.9 Å². The van der Waals surface area contributed by atoms with E-state index in [0.29, 0.717) is 11.7 Å². The van der Waals surface area contributed by atoms with E-state index in [-0.39, 0.29) is 17.2 Å². The maximum absolute atomic E-state index is 13.6. The summed E-state index contributed by atoms with van der Waals surface area (Å²) in [5.74, 6) is 0.572. The van der Waals surface area contributed by atoms with E-state index in [0.717, 1.165) is 5.56 Å². The first-order valence-corrected chi connectivity index (χ1v) is 6.47. The number of ether oxygens (including phenoxy) is 1. The topological polar surface area (TPSA) is 70.8 Å². The molecule has 1 aromatic heterocycles. The predicted molar refractivity (Wildman–Crippen MR) is 76.9 cm³/mol. The molecule has 0 atom stereocenters. The fourth-order valence-corrected chi connectivity index (χ4v) is 1.98. The number of nitrogens with zero attached hydrogens (tertiary/aromatic N) is 3. The highest BCUT2D eigenvalue weighted by molar-refractivity contribution is 5.52. The van der Waals surface area contributed by atoms with E-state index < -0.39 is 5.82 Å². The van der Waals surface area contributed by atoms with Gasteiger partial charge in [0.2, 0.25) is 5.88 Å². The highest BCUT2D eigenvalue weighted by atomic mass is 19.1. The minimum absolute atomic E-state index is 0.0998. The number of nitrogens with one attached hydrogen (secondary N) is 1. The average molecular weight is 286 g/mol. The molecule has 1 N–H and O–H groups in total. The fraction of sp³-hybridized carbons (Fsp3) is 0.267. The van der Waals surface area contributed by atoms with Crippen molar-refractivity contribution in [2.45, 2.75) is 19.8 Å². The Morgan fingerprint density at radius 3 is 2.71 bits per heavy atom. The molecule has 1 heterocycles. The average Bonchev–Trinajstić information content (AvgIpc) is 2.47. The molecule has 0 bridgehead atoms. The molecule has 0 fully saturated rings. The van der Waals surface area contributed by atoms with Crippen LogP contribution in [0.25, 0.3) is 0 Å². The van der Waals surface area contributed by atoms with Crippen molar-refractivity contribution in [2.75, 3.05) is 12.4 Å². The zero-order valence-electron chi connectivity index (χ0n) is 12.0. The van der Waals surface area contributed by atoms with Crippen molar-refractivity contribution in [2.24, 2.45) is 0 Å². The Kier molecular flexibility index (Phi) is 4.33. The molecule has 0 unspecified atom stereocenters. The van der Waals surface area contributed by atoms with Crippen molar-refractivity contribution < 1.29 is 9.13 Å². The summed E-state index contributed by atoms with van der Waals surface area (Å²) in [7, 11) is 1.75. The Hall–Kier alpha value is -2.68. The normalized spacial score (nSPS) is 10.3. The van der Waals surface area contributed by atoms with Crippen LogP contribution in [0.2, 0.25) is 0 Å². The lowest BCUT2D eigenvalue weighted by atomic mass is 10.1. The van der Waals surface area contributed by atoms with Gasteiger partial charge < -0.3 is 10.1 Å². The number of halogens is 1. The third-order valence-corrected chi connectivity index (χ3v) is 2.96. The Balaban J connectivity index is 2.51. The van der Waals surface area contributed by atoms with E-state index in [2.05, 4.69) is 15.3 Å². The smallest absolute Gasteiger partial charge is 0.227 e. The van der Waals surface area contributed by atoms with Crippen LogP contribution in [0, 0.1) is 17.1 Å². The van der Waals surface area contributed by atoms with Gasteiger partial charge in [-0.05, 0) is 18.1 Å². The third kappa shape index (κ3) is 2.92. The molecule has 1 aromatic carbocycles. The van der Waals surface area contributed by atoms with Crippen molar-refractivity contribution in [1.29, 1.82) is 5.26 Å². The van der Waals surface area contributed by atoms with Crippen LogP contribution in [-0.4, -0.2) is 17.0 Å². The molecule has 108 valence electrons. The first-order chi connectivity index (χ1) is 10.1. The summed E-state index contributed by atoms with van der Waals surface area (Å²) in [5.41, 5.74) is 0.630. The van der Waals surface area contributed by atoms with Crippen LogP contribution in [0.3, 0.4) is 0 Å². The van der Waals surface area contributed by atoms with E-state index in [4.69, 9.17) is 10.00 Å². The number of aromatic nitrogens is 2. The van der Waals surface area contributed by atoms with Crippen LogP contribution in [0.5, 0.6) is 11.6 Å². The molecule has 2 rings (SSSR count). The van der Waals surface area contributed by atoms with Gasteiger partial charge in [-0.15, -0.1) is 0 Å². The Morgan fingerprint density at radius 2 is 2.10 bits per heavy atom. The fourth-order valence-electron chi connectivity index (χ4n) is 1.98. The second kappa shape index (κ2) is 6.18. The zero-order chi connectivity index (χ0) is 15.4. The van der Waals surface area contributed by atoms with Gasteiger partial charge in [0.05, 0.1) is 5.56 Å². The first-order valence-electron chi connectivity index (χ1n) is 6.47. The van der Waals surface area contributed by atoms with Crippen LogP contribution in [0.15, 0.2) is 24.5 Å². The van der Waals surface area contributed by atoms with Gasteiger partial charge >= 0.3 is 0 Å². The van der Waals surface area contributed by atoms with Gasteiger partial charge in [0.25, 0.3) is 0 Å². The van der Waals surface area contributed by atoms with Gasteiger partial charge in [0.15, 0.2) is 0 Å². The van der Waals surface area contributed by atoms with Crippen molar-refractivity contribution >= 4 is 5.82 Å². The van der Waals surface area contributed by atoms with Crippen LogP contribution < -0.4 is 10.1 Å². The quantitative estimate of drug-likeness (QED) is 0.932. The number of hydrogen-bond donors (Lipinski definition) is 1. The lowest BCUT2D eigenvalue weighted by Crippen LogP contribution is -2.05. The number of benzene rings is 1. The molecule has 0 amide bonds. The minimum Gasteiger partial charge on any atom is -0.437 e. The molecule has 5 nitrogen and oxygen atoms in total. The summed E-state index contributed by atoms with van der Waals surface area (Å²) in [6, 6.07) is 6.04. The lowest BCUT2D eigenvalue weighted by Gasteiger charge is -2.16. The Bertz CT molecular complexity index is 695. The summed E-state index contributed by atoms with van der Waals surface area (Å²) >= 11 is 0. The number of hydrogen-bond acceptors (Lipinski definition) is 5. The van der Waals surface area contributed by atoms with Crippen molar-refractivity contribution in [3.8, 4) is 17.7 Å². The highest BCUT2D eigenvalue weighted by Crippen LogP contribution is 2.34. The van der Waals surface area contributed by atoms with E-state index in [1.807, 2.05) is 13.8 Å². The molecular formula is C15H15FN4O. The maximum atomic E-state index is 13.6. The van der Waals surface area contributed by atoms with Gasteiger partial charge in [-0.25, -0.2) is 14.4 Å². The molecule has 0 spiro atoms. The molecule has 0 saturated carbocycles. The summed E-state index contributed by atoms with van der Waals surface area (Å²) in [6.45, 7) is 3.95. The predicted octanol–water partition coefficient (Wildman–Crippen LogP) is 3.44. The van der Waals surface area contributed by atoms with E-state index in [9.17, 15) is 4.39 Å². The van der Waals surface area contributed by atoms with Gasteiger partial charge in [-0.3, -0.25) is 0 Å². The van der Waals surface area contributed by atoms with Crippen LogP contribution in [0.4, 0.5) is 10.2 Å². The zero-order valence-corrected chi connectivity index (χ0v) is 12.0. The van der Waals surface area contributed by atoms with Crippen molar-refractivity contribution in [1.82, 2.24) is 9.97 Å². The standard InChI is InChI=1S/C15H15FN4O/c1-9(2)13-14(18-3)19-8-20-15(13)21-12-6-4-5-11(16)10(12)7-17/h4-6,8-9H,1-3H3,(H,18,19,20). The lowest BCUT2D eigenvalue weighted by molar-refractivity contribution is 0.445. The SMILES string of the molecule is CNc1ncnc(Oc2cccc(F)c2C#N)c1C(C)C. The summed E-state index contributed by atoms with van der Waals surface area (Å²) < 4.78 is 19.3. The van der Waals surface area contributed by atoms with E-state index >= 15 is 0 Å². The Labute approximate surface area is 122 Å². The molecule has 6 heteroatoms. The number of nitriles is 1. The van der Waals surface area contributed by atoms with Crippen molar-refractivity contribution in [3.63, 3.8) is 0 Å². The van der Waals surface area contributed by atoms with Gasteiger partial charge in [0, 0.05) is 7.05 Å². The maximum Gasteiger partial charge on any atom is 0.227 e. The molecule has 0 aliphatic carbocycles. The van der Waals surface area contributed by atoms with Crippen molar-refractivity contribution in [3.05, 3.63) is 41.5 Å². The van der Waals surface area contributed by atoms with E-state index in [1.54, 1.807) is 13.1 Å². The van der Waals surface area contributed by atoms with Crippen LogP contribution in [-0.2, 0) is 0 Å². The number of rotatable bonds is 4. The summed E-state index contributed by atoms with van der Waals surface area (Å²) in [4.78, 5) is 8.24. The van der Waals surface area contributed by atoms with E-state index in [1.165, 1.54) is 24.5 Å². The van der Waals surface area contributed by atoms with Gasteiger partial charge in [0.1, 0.15) is 35.3 Å². The highest BCUT2D eigenvalue weighted by Gasteiger charge is 2.18. The summed E-state index contributed by atoms with van der Waals surface area (Å²) in [5, 5.41) is 12.0. The molecule has 2 aromatic rings. The Morgan fingerprint density at radius 1 is 1.33 bits per heavy atom. The molecule has 0 radical (unpaired) electrons. The number of anilines is 1. The van der Waals surface area contributed by atoms with Gasteiger partial charge in [-0.1, -0.05) is 19.9 Å². The summed E-state index contributed by atoms with van der Waals surface area (Å²) in [6.07, 6.45) is 1.36. The molecule has 0 saturated heterocycles. The molecular weight excluding hydrogens is 271 g/mol. The van der Waals surface area contributed by atoms with Gasteiger partial charge in [-0.2, -0.15) is 5.26 Å². The minimum atomic E-state index is -0.621. The largest absolute Gasteiger partial charge is 0.437 e. The second-order valence-electron chi connectivity index (χ2n) is 4.67. The van der Waals surface area contributed by atoms with Crippen LogP contribution >= 0.6 is 0 Å². The molecule has 21 heavy (non-hydrogen) atoms. The first kappa shape index (κ1) is 14.7. The molecule has 0 aliphatic rings. The monoisotopic (exact) mass is 286 g/mol. The third-order valence-electron chi connectivity index (χ3n) is 2.96.